The van der Waals surface area contributed by atoms with E-state index >= 15 is 0 Å². The minimum absolute atomic E-state index is 0.00370. The molecule has 2 aliphatic heterocycles. The molecular formula is C16H18Cl2N2O4. The summed E-state index contributed by atoms with van der Waals surface area (Å²) in [7, 11) is 0. The van der Waals surface area contributed by atoms with Crippen molar-refractivity contribution in [3.63, 3.8) is 0 Å². The van der Waals surface area contributed by atoms with Crippen molar-refractivity contribution in [3.8, 4) is 5.75 Å². The van der Waals surface area contributed by atoms with E-state index in [0.717, 1.165) is 0 Å². The SMILES string of the molecule is O=C(CO)N1CC(=O)N2CC[C@@H](c3c(O)ccc(Cl)c3Cl)CC2C1. The molecule has 24 heavy (non-hydrogen) atoms. The predicted octanol–water partition coefficient (Wildman–Crippen LogP) is 1.61. The number of carbonyl (C=O) groups is 2. The molecule has 0 bridgehead atoms. The fourth-order valence-electron chi connectivity index (χ4n) is 3.62. The Balaban J connectivity index is 1.83. The molecule has 2 fully saturated rings. The first-order valence-corrected chi connectivity index (χ1v) is 8.53. The number of aliphatic hydroxyl groups is 1. The summed E-state index contributed by atoms with van der Waals surface area (Å²) in [6.07, 6.45) is 1.25. The number of fused-ring (bicyclic) bond motifs is 1. The van der Waals surface area contributed by atoms with Gasteiger partial charge in [0.05, 0.1) is 16.6 Å². The molecule has 2 aliphatic rings. The van der Waals surface area contributed by atoms with Gasteiger partial charge in [-0.15, -0.1) is 0 Å². The largest absolute Gasteiger partial charge is 0.508 e. The summed E-state index contributed by atoms with van der Waals surface area (Å²) >= 11 is 12.3. The Morgan fingerprint density at radius 2 is 2.08 bits per heavy atom. The normalized spacial score (nSPS) is 24.0. The van der Waals surface area contributed by atoms with Crippen LogP contribution in [0.3, 0.4) is 0 Å². The highest BCUT2D eigenvalue weighted by atomic mass is 35.5. The Morgan fingerprint density at radius 1 is 1.33 bits per heavy atom. The summed E-state index contributed by atoms with van der Waals surface area (Å²) in [6.45, 7) is 0.312. The Hall–Kier alpha value is -1.50. The minimum atomic E-state index is -0.607. The third kappa shape index (κ3) is 3.06. The molecule has 2 saturated heterocycles. The van der Waals surface area contributed by atoms with Gasteiger partial charge < -0.3 is 20.0 Å². The maximum absolute atomic E-state index is 12.2. The van der Waals surface area contributed by atoms with Crippen molar-refractivity contribution in [2.45, 2.75) is 24.8 Å². The molecule has 1 aromatic rings. The van der Waals surface area contributed by atoms with Gasteiger partial charge in [0.25, 0.3) is 0 Å². The van der Waals surface area contributed by atoms with Gasteiger partial charge in [0.2, 0.25) is 11.8 Å². The van der Waals surface area contributed by atoms with Crippen LogP contribution in [0.5, 0.6) is 5.75 Å². The van der Waals surface area contributed by atoms with E-state index in [0.29, 0.717) is 41.5 Å². The Kier molecular flexibility index (Phi) is 4.90. The number of piperidine rings is 1. The molecular weight excluding hydrogens is 355 g/mol. The fourth-order valence-corrected chi connectivity index (χ4v) is 4.10. The number of hydrogen-bond donors (Lipinski definition) is 2. The standard InChI is InChI=1S/C16H18Cl2N2O4/c17-11-1-2-12(22)15(16(11)18)9-3-4-20-10(5-9)6-19(7-13(20)23)14(24)8-21/h1-2,9-10,21-22H,3-8H2/t9-,10?/m1/s1. The Morgan fingerprint density at radius 3 is 2.79 bits per heavy atom. The molecule has 0 spiro atoms. The molecule has 0 saturated carbocycles. The van der Waals surface area contributed by atoms with Gasteiger partial charge in [-0.05, 0) is 30.9 Å². The molecule has 2 amide bonds. The molecule has 1 unspecified atom stereocenters. The van der Waals surface area contributed by atoms with Crippen molar-refractivity contribution in [1.82, 2.24) is 9.80 Å². The van der Waals surface area contributed by atoms with Gasteiger partial charge in [0, 0.05) is 24.7 Å². The average molecular weight is 373 g/mol. The lowest BCUT2D eigenvalue weighted by Gasteiger charge is -2.46. The first-order chi connectivity index (χ1) is 11.4. The molecule has 6 nitrogen and oxygen atoms in total. The van der Waals surface area contributed by atoms with Crippen molar-refractivity contribution in [2.75, 3.05) is 26.2 Å². The van der Waals surface area contributed by atoms with Crippen LogP contribution in [0, 0.1) is 0 Å². The van der Waals surface area contributed by atoms with E-state index in [1.807, 2.05) is 0 Å². The van der Waals surface area contributed by atoms with E-state index in [9.17, 15) is 14.7 Å². The van der Waals surface area contributed by atoms with Crippen LogP contribution in [-0.4, -0.2) is 64.1 Å². The van der Waals surface area contributed by atoms with Crippen LogP contribution in [0.4, 0.5) is 0 Å². The highest BCUT2D eigenvalue weighted by Crippen LogP contribution is 2.43. The van der Waals surface area contributed by atoms with Gasteiger partial charge in [-0.1, -0.05) is 23.2 Å². The fraction of sp³-hybridized carbons (Fsp3) is 0.500. The number of nitrogens with zero attached hydrogens (tertiary/aromatic N) is 2. The lowest BCUT2D eigenvalue weighted by Crippen LogP contribution is -2.60. The monoisotopic (exact) mass is 372 g/mol. The van der Waals surface area contributed by atoms with Crippen LogP contribution >= 0.6 is 23.2 Å². The zero-order valence-corrected chi connectivity index (χ0v) is 14.4. The Bertz CT molecular complexity index is 682. The highest BCUT2D eigenvalue weighted by molar-refractivity contribution is 6.42. The van der Waals surface area contributed by atoms with E-state index in [4.69, 9.17) is 28.3 Å². The summed E-state index contributed by atoms with van der Waals surface area (Å²) in [5.74, 6) is -0.524. The van der Waals surface area contributed by atoms with Crippen molar-refractivity contribution in [1.29, 1.82) is 0 Å². The van der Waals surface area contributed by atoms with Crippen LogP contribution in [0.2, 0.25) is 10.0 Å². The van der Waals surface area contributed by atoms with E-state index < -0.39 is 12.5 Å². The van der Waals surface area contributed by atoms with E-state index in [2.05, 4.69) is 0 Å². The highest BCUT2D eigenvalue weighted by Gasteiger charge is 2.39. The third-order valence-corrected chi connectivity index (χ3v) is 5.62. The maximum Gasteiger partial charge on any atom is 0.248 e. The summed E-state index contributed by atoms with van der Waals surface area (Å²) < 4.78 is 0. The smallest absolute Gasteiger partial charge is 0.248 e. The lowest BCUT2D eigenvalue weighted by molar-refractivity contribution is -0.151. The number of aliphatic hydroxyl groups excluding tert-OH is 1. The summed E-state index contributed by atoms with van der Waals surface area (Å²) in [4.78, 5) is 27.1. The number of benzene rings is 1. The van der Waals surface area contributed by atoms with E-state index in [1.165, 1.54) is 11.0 Å². The van der Waals surface area contributed by atoms with Crippen molar-refractivity contribution in [3.05, 3.63) is 27.7 Å². The average Bonchev–Trinajstić information content (AvgIpc) is 2.57. The molecule has 2 heterocycles. The number of halogens is 2. The summed E-state index contributed by atoms with van der Waals surface area (Å²) in [5, 5.41) is 19.9. The lowest BCUT2D eigenvalue weighted by atomic mass is 9.83. The number of rotatable bonds is 2. The summed E-state index contributed by atoms with van der Waals surface area (Å²) in [5.41, 5.74) is 0.599. The second-order valence-electron chi connectivity index (χ2n) is 6.19. The number of piperazine rings is 1. The van der Waals surface area contributed by atoms with Crippen LogP contribution in [-0.2, 0) is 9.59 Å². The molecule has 0 aromatic heterocycles. The maximum atomic E-state index is 12.2. The molecule has 0 radical (unpaired) electrons. The predicted molar refractivity (Wildman–Crippen MR) is 89.3 cm³/mol. The number of amides is 2. The quantitative estimate of drug-likeness (QED) is 0.826. The molecule has 2 atom stereocenters. The van der Waals surface area contributed by atoms with E-state index in [-0.39, 0.29) is 30.2 Å². The van der Waals surface area contributed by atoms with Crippen molar-refractivity contribution < 1.29 is 19.8 Å². The van der Waals surface area contributed by atoms with Gasteiger partial charge in [-0.25, -0.2) is 0 Å². The number of carbonyl (C=O) groups excluding carboxylic acids is 2. The molecule has 8 heteroatoms. The number of aromatic hydroxyl groups is 1. The summed E-state index contributed by atoms with van der Waals surface area (Å²) in [6, 6.07) is 2.91. The zero-order valence-electron chi connectivity index (χ0n) is 12.9. The third-order valence-electron chi connectivity index (χ3n) is 4.80. The van der Waals surface area contributed by atoms with E-state index in [1.54, 1.807) is 11.0 Å². The zero-order chi connectivity index (χ0) is 17.4. The van der Waals surface area contributed by atoms with Crippen LogP contribution in [0.1, 0.15) is 24.3 Å². The Labute approximate surface area is 149 Å². The van der Waals surface area contributed by atoms with Gasteiger partial charge in [0.15, 0.2) is 0 Å². The molecule has 3 rings (SSSR count). The van der Waals surface area contributed by atoms with Crippen LogP contribution in [0.25, 0.3) is 0 Å². The topological polar surface area (TPSA) is 81.1 Å². The molecule has 1 aromatic carbocycles. The van der Waals surface area contributed by atoms with Gasteiger partial charge >= 0.3 is 0 Å². The second-order valence-corrected chi connectivity index (χ2v) is 6.97. The van der Waals surface area contributed by atoms with Gasteiger partial charge in [0.1, 0.15) is 12.4 Å². The minimum Gasteiger partial charge on any atom is -0.508 e. The molecule has 2 N–H and O–H groups in total. The number of phenols is 1. The van der Waals surface area contributed by atoms with Crippen molar-refractivity contribution in [2.24, 2.45) is 0 Å². The first-order valence-electron chi connectivity index (χ1n) is 7.77. The van der Waals surface area contributed by atoms with Gasteiger partial charge in [-0.2, -0.15) is 0 Å². The first kappa shape index (κ1) is 17.3. The van der Waals surface area contributed by atoms with Crippen LogP contribution in [0.15, 0.2) is 12.1 Å². The number of hydrogen-bond acceptors (Lipinski definition) is 4. The van der Waals surface area contributed by atoms with Crippen LogP contribution < -0.4 is 0 Å². The second kappa shape index (κ2) is 6.78. The molecule has 130 valence electrons. The molecule has 0 aliphatic carbocycles. The number of phenolic OH excluding ortho intramolecular Hbond substituents is 1. The van der Waals surface area contributed by atoms with Gasteiger partial charge in [-0.3, -0.25) is 9.59 Å². The van der Waals surface area contributed by atoms with Crippen molar-refractivity contribution >= 4 is 35.0 Å².